The fourth-order valence-electron chi connectivity index (χ4n) is 2.62. The molecular formula is C23H31NO6. The Labute approximate surface area is 177 Å². The van der Waals surface area contributed by atoms with Crippen LogP contribution in [0, 0.1) is 0 Å². The lowest BCUT2D eigenvalue weighted by molar-refractivity contribution is -0.142. The van der Waals surface area contributed by atoms with Gasteiger partial charge < -0.3 is 29.4 Å². The first-order chi connectivity index (χ1) is 14.5. The Morgan fingerprint density at radius 1 is 0.967 bits per heavy atom. The average molecular weight is 418 g/mol. The molecule has 0 saturated carbocycles. The van der Waals surface area contributed by atoms with Crippen molar-refractivity contribution < 1.29 is 28.8 Å². The molecule has 2 aromatic rings. The number of hydrogen-bond acceptors (Lipinski definition) is 7. The van der Waals surface area contributed by atoms with E-state index in [9.17, 15) is 9.90 Å². The highest BCUT2D eigenvalue weighted by atomic mass is 16.5. The quantitative estimate of drug-likeness (QED) is 0.485. The van der Waals surface area contributed by atoms with Crippen molar-refractivity contribution in [1.29, 1.82) is 0 Å². The highest BCUT2D eigenvalue weighted by Crippen LogP contribution is 2.17. The van der Waals surface area contributed by atoms with Crippen LogP contribution in [0.25, 0.3) is 0 Å². The van der Waals surface area contributed by atoms with Gasteiger partial charge in [0.15, 0.2) is 0 Å². The second-order valence-electron chi connectivity index (χ2n) is 6.89. The summed E-state index contributed by atoms with van der Waals surface area (Å²) in [4.78, 5) is 11.5. The maximum absolute atomic E-state index is 11.5. The fraction of sp³-hybridized carbons (Fsp3) is 0.435. The van der Waals surface area contributed by atoms with Crippen LogP contribution in [0.2, 0.25) is 0 Å². The molecule has 2 N–H and O–H groups in total. The van der Waals surface area contributed by atoms with Gasteiger partial charge in [0.2, 0.25) is 0 Å². The number of ether oxygens (including phenoxy) is 4. The number of carbonyl (C=O) groups excluding carboxylic acids is 1. The van der Waals surface area contributed by atoms with Crippen molar-refractivity contribution in [2.24, 2.45) is 0 Å². The summed E-state index contributed by atoms with van der Waals surface area (Å²) in [5.74, 6) is 1.93. The molecule has 164 valence electrons. The number of methoxy groups -OCH3 is 1. The predicted molar refractivity (Wildman–Crippen MR) is 114 cm³/mol. The predicted octanol–water partition coefficient (Wildman–Crippen LogP) is 2.60. The Balaban J connectivity index is 1.63. The first kappa shape index (κ1) is 23.5. The van der Waals surface area contributed by atoms with Gasteiger partial charge in [0.25, 0.3) is 0 Å². The minimum atomic E-state index is -0.660. The summed E-state index contributed by atoms with van der Waals surface area (Å²) in [6.45, 7) is 5.16. The number of rotatable bonds is 13. The summed E-state index contributed by atoms with van der Waals surface area (Å²) in [6, 6.07) is 14.6. The first-order valence-corrected chi connectivity index (χ1v) is 10.1. The molecule has 2 rings (SSSR count). The minimum Gasteiger partial charge on any atom is -0.497 e. The van der Waals surface area contributed by atoms with E-state index in [2.05, 4.69) is 5.32 Å². The summed E-state index contributed by atoms with van der Waals surface area (Å²) in [5, 5.41) is 13.4. The van der Waals surface area contributed by atoms with Crippen LogP contribution in [0.5, 0.6) is 17.2 Å². The van der Waals surface area contributed by atoms with Crippen LogP contribution in [-0.2, 0) is 16.0 Å². The molecule has 2 atom stereocenters. The molecule has 0 radical (unpaired) electrons. The average Bonchev–Trinajstić information content (AvgIpc) is 2.76. The Kier molecular flexibility index (Phi) is 9.97. The van der Waals surface area contributed by atoms with Crippen molar-refractivity contribution in [3.63, 3.8) is 0 Å². The summed E-state index contributed by atoms with van der Waals surface area (Å²) in [5.41, 5.74) is 0.855. The van der Waals surface area contributed by atoms with Crippen LogP contribution in [0.4, 0.5) is 0 Å². The van der Waals surface area contributed by atoms with E-state index in [4.69, 9.17) is 18.9 Å². The highest BCUT2D eigenvalue weighted by molar-refractivity contribution is 5.72. The monoisotopic (exact) mass is 417 g/mol. The molecule has 7 heteroatoms. The minimum absolute atomic E-state index is 0.0592. The third-order valence-electron chi connectivity index (χ3n) is 4.28. The molecular weight excluding hydrogens is 386 g/mol. The maximum atomic E-state index is 11.5. The maximum Gasteiger partial charge on any atom is 0.310 e. The smallest absolute Gasteiger partial charge is 0.310 e. The SMILES string of the molecule is CCOC(=O)Cc1ccc(OCC(O)CNC(C)COc2ccc(OC)cc2)cc1. The van der Waals surface area contributed by atoms with Gasteiger partial charge in [-0.3, -0.25) is 4.79 Å². The third-order valence-corrected chi connectivity index (χ3v) is 4.28. The molecule has 0 amide bonds. The molecule has 0 aliphatic heterocycles. The van der Waals surface area contributed by atoms with Gasteiger partial charge >= 0.3 is 5.97 Å². The van der Waals surface area contributed by atoms with Gasteiger partial charge in [0.1, 0.15) is 36.6 Å². The zero-order valence-corrected chi connectivity index (χ0v) is 17.8. The largest absolute Gasteiger partial charge is 0.497 e. The van der Waals surface area contributed by atoms with Gasteiger partial charge in [-0.25, -0.2) is 0 Å². The van der Waals surface area contributed by atoms with Gasteiger partial charge in [0, 0.05) is 12.6 Å². The van der Waals surface area contributed by atoms with E-state index in [1.165, 1.54) is 0 Å². The Bertz CT molecular complexity index is 747. The summed E-state index contributed by atoms with van der Waals surface area (Å²) in [6.07, 6.45) is -0.426. The van der Waals surface area contributed by atoms with Crippen molar-refractivity contribution >= 4 is 5.97 Å². The molecule has 2 aromatic carbocycles. The molecule has 0 aliphatic carbocycles. The molecule has 0 saturated heterocycles. The van der Waals surface area contributed by atoms with Gasteiger partial charge in [-0.2, -0.15) is 0 Å². The van der Waals surface area contributed by atoms with Gasteiger partial charge in [-0.15, -0.1) is 0 Å². The summed E-state index contributed by atoms with van der Waals surface area (Å²) >= 11 is 0. The van der Waals surface area contributed by atoms with Crippen LogP contribution in [-0.4, -0.2) is 56.7 Å². The van der Waals surface area contributed by atoms with E-state index in [0.717, 1.165) is 17.1 Å². The van der Waals surface area contributed by atoms with Crippen molar-refractivity contribution in [3.05, 3.63) is 54.1 Å². The number of esters is 1. The number of carbonyl (C=O) groups is 1. The second-order valence-corrected chi connectivity index (χ2v) is 6.89. The van der Waals surface area contributed by atoms with E-state index in [1.807, 2.05) is 43.3 Å². The molecule has 0 aromatic heterocycles. The molecule has 30 heavy (non-hydrogen) atoms. The van der Waals surface area contributed by atoms with Crippen molar-refractivity contribution in [3.8, 4) is 17.2 Å². The van der Waals surface area contributed by atoms with Crippen LogP contribution in [0.15, 0.2) is 48.5 Å². The number of aliphatic hydroxyl groups excluding tert-OH is 1. The van der Waals surface area contributed by atoms with Gasteiger partial charge in [0.05, 0.1) is 20.1 Å². The number of nitrogens with one attached hydrogen (secondary N) is 1. The van der Waals surface area contributed by atoms with Gasteiger partial charge in [-0.1, -0.05) is 12.1 Å². The van der Waals surface area contributed by atoms with E-state index in [1.54, 1.807) is 26.2 Å². The van der Waals surface area contributed by atoms with Crippen LogP contribution < -0.4 is 19.5 Å². The number of hydrogen-bond donors (Lipinski definition) is 2. The van der Waals surface area contributed by atoms with E-state index in [-0.39, 0.29) is 25.0 Å². The first-order valence-electron chi connectivity index (χ1n) is 10.1. The zero-order chi connectivity index (χ0) is 21.8. The number of benzene rings is 2. The lowest BCUT2D eigenvalue weighted by atomic mass is 10.1. The fourth-order valence-corrected chi connectivity index (χ4v) is 2.62. The Morgan fingerprint density at radius 3 is 2.13 bits per heavy atom. The topological polar surface area (TPSA) is 86.3 Å². The zero-order valence-electron chi connectivity index (χ0n) is 17.8. The molecule has 0 spiro atoms. The number of aliphatic hydroxyl groups is 1. The van der Waals surface area contributed by atoms with Crippen molar-refractivity contribution in [2.75, 3.05) is 33.5 Å². The molecule has 0 aliphatic rings. The van der Waals surface area contributed by atoms with E-state index >= 15 is 0 Å². The Morgan fingerprint density at radius 2 is 1.53 bits per heavy atom. The van der Waals surface area contributed by atoms with Gasteiger partial charge in [-0.05, 0) is 55.8 Å². The summed E-state index contributed by atoms with van der Waals surface area (Å²) in [7, 11) is 1.62. The van der Waals surface area contributed by atoms with Crippen molar-refractivity contribution in [1.82, 2.24) is 5.32 Å². The van der Waals surface area contributed by atoms with Crippen LogP contribution >= 0.6 is 0 Å². The standard InChI is InChI=1S/C23H31NO6/c1-4-28-23(26)13-18-5-7-21(8-6-18)30-16-19(25)14-24-17(2)15-29-22-11-9-20(27-3)10-12-22/h5-12,17,19,24-25H,4,13-16H2,1-3H3. The molecule has 2 unspecified atom stereocenters. The van der Waals surface area contributed by atoms with Crippen LogP contribution in [0.3, 0.4) is 0 Å². The van der Waals surface area contributed by atoms with E-state index in [0.29, 0.717) is 25.5 Å². The molecule has 0 bridgehead atoms. The second kappa shape index (κ2) is 12.7. The Hall–Kier alpha value is -2.77. The summed E-state index contributed by atoms with van der Waals surface area (Å²) < 4.78 is 21.4. The third kappa shape index (κ3) is 8.71. The molecule has 7 nitrogen and oxygen atoms in total. The normalized spacial score (nSPS) is 12.7. The van der Waals surface area contributed by atoms with Crippen molar-refractivity contribution in [2.45, 2.75) is 32.4 Å². The molecule has 0 fully saturated rings. The lowest BCUT2D eigenvalue weighted by Gasteiger charge is -2.18. The highest BCUT2D eigenvalue weighted by Gasteiger charge is 2.10. The van der Waals surface area contributed by atoms with E-state index < -0.39 is 6.10 Å². The molecule has 0 heterocycles. The van der Waals surface area contributed by atoms with Crippen LogP contribution in [0.1, 0.15) is 19.4 Å². The lowest BCUT2D eigenvalue weighted by Crippen LogP contribution is -2.39.